The maximum atomic E-state index is 5.75. The van der Waals surface area contributed by atoms with Crippen molar-refractivity contribution in [1.29, 1.82) is 0 Å². The first-order valence-electron chi connectivity index (χ1n) is 4.11. The summed E-state index contributed by atoms with van der Waals surface area (Å²) in [4.78, 5) is 0. The van der Waals surface area contributed by atoms with Crippen LogP contribution >= 0.6 is 11.6 Å². The number of methoxy groups -OCH3 is 1. The van der Waals surface area contributed by atoms with E-state index in [9.17, 15) is 0 Å². The second-order valence-electron chi connectivity index (χ2n) is 2.67. The number of rotatable bonds is 7. The average molecular weight is 180 g/mol. The van der Waals surface area contributed by atoms with E-state index in [1.807, 2.05) is 6.92 Å². The van der Waals surface area contributed by atoms with Crippen LogP contribution in [-0.4, -0.2) is 32.2 Å². The molecule has 0 spiro atoms. The zero-order chi connectivity index (χ0) is 8.53. The van der Waals surface area contributed by atoms with Crippen LogP contribution in [0.25, 0.3) is 0 Å². The minimum Gasteiger partial charge on any atom is -0.385 e. The lowest BCUT2D eigenvalue weighted by molar-refractivity contribution is 0.194. The Labute approximate surface area is 74.3 Å². The molecule has 11 heavy (non-hydrogen) atoms. The molecule has 0 amide bonds. The lowest BCUT2D eigenvalue weighted by Crippen LogP contribution is -2.19. The van der Waals surface area contributed by atoms with Crippen LogP contribution in [0.4, 0.5) is 0 Å². The number of alkyl halides is 1. The standard InChI is InChI=1S/C8H18ClNO/c1-8(9)4-6-10-5-3-7-11-2/h8,10H,3-7H2,1-2H3. The van der Waals surface area contributed by atoms with E-state index in [-0.39, 0.29) is 5.38 Å². The van der Waals surface area contributed by atoms with E-state index in [4.69, 9.17) is 16.3 Å². The van der Waals surface area contributed by atoms with Gasteiger partial charge in [0.15, 0.2) is 0 Å². The summed E-state index contributed by atoms with van der Waals surface area (Å²) in [6.07, 6.45) is 2.11. The van der Waals surface area contributed by atoms with E-state index in [1.165, 1.54) is 0 Å². The van der Waals surface area contributed by atoms with Crippen molar-refractivity contribution in [2.24, 2.45) is 0 Å². The zero-order valence-electron chi connectivity index (χ0n) is 7.40. The molecule has 0 rings (SSSR count). The molecule has 0 aromatic rings. The van der Waals surface area contributed by atoms with Crippen LogP contribution in [0.1, 0.15) is 19.8 Å². The van der Waals surface area contributed by atoms with Gasteiger partial charge in [0.2, 0.25) is 0 Å². The van der Waals surface area contributed by atoms with E-state index in [0.717, 1.165) is 32.5 Å². The molecule has 0 aromatic heterocycles. The zero-order valence-corrected chi connectivity index (χ0v) is 8.16. The maximum Gasteiger partial charge on any atom is 0.0474 e. The van der Waals surface area contributed by atoms with Crippen LogP contribution in [0.15, 0.2) is 0 Å². The third-order valence-corrected chi connectivity index (χ3v) is 1.64. The van der Waals surface area contributed by atoms with Crippen molar-refractivity contribution in [2.45, 2.75) is 25.1 Å². The van der Waals surface area contributed by atoms with E-state index in [1.54, 1.807) is 7.11 Å². The van der Waals surface area contributed by atoms with E-state index >= 15 is 0 Å². The number of hydrogen-bond donors (Lipinski definition) is 1. The van der Waals surface area contributed by atoms with Gasteiger partial charge in [-0.25, -0.2) is 0 Å². The molecule has 0 bridgehead atoms. The first-order valence-corrected chi connectivity index (χ1v) is 4.54. The Kier molecular flexibility index (Phi) is 8.47. The largest absolute Gasteiger partial charge is 0.385 e. The van der Waals surface area contributed by atoms with Crippen LogP contribution in [0, 0.1) is 0 Å². The Morgan fingerprint density at radius 3 is 2.73 bits per heavy atom. The minimum absolute atomic E-state index is 0.282. The van der Waals surface area contributed by atoms with Crippen LogP contribution in [-0.2, 0) is 4.74 Å². The number of nitrogens with one attached hydrogen (secondary N) is 1. The summed E-state index contributed by atoms with van der Waals surface area (Å²) in [7, 11) is 1.72. The molecular formula is C8H18ClNO. The summed E-state index contributed by atoms with van der Waals surface area (Å²) in [6, 6.07) is 0. The van der Waals surface area contributed by atoms with E-state index < -0.39 is 0 Å². The summed E-state index contributed by atoms with van der Waals surface area (Å²) in [5.74, 6) is 0. The molecule has 0 saturated carbocycles. The summed E-state index contributed by atoms with van der Waals surface area (Å²) in [5, 5.41) is 3.57. The highest BCUT2D eigenvalue weighted by molar-refractivity contribution is 6.20. The highest BCUT2D eigenvalue weighted by Crippen LogP contribution is 1.96. The molecule has 3 heteroatoms. The van der Waals surface area contributed by atoms with Gasteiger partial charge in [-0.2, -0.15) is 0 Å². The SMILES string of the molecule is COCCCNCCC(C)Cl. The second-order valence-corrected chi connectivity index (χ2v) is 3.41. The molecule has 1 unspecified atom stereocenters. The normalized spacial score (nSPS) is 13.4. The number of ether oxygens (including phenoxy) is 1. The number of hydrogen-bond acceptors (Lipinski definition) is 2. The minimum atomic E-state index is 0.282. The average Bonchev–Trinajstić information content (AvgIpc) is 1.96. The Hall–Kier alpha value is 0.210. The summed E-state index contributed by atoms with van der Waals surface area (Å²) >= 11 is 5.75. The van der Waals surface area contributed by atoms with E-state index in [0.29, 0.717) is 0 Å². The molecule has 68 valence electrons. The molecular weight excluding hydrogens is 162 g/mol. The van der Waals surface area contributed by atoms with Crippen LogP contribution in [0.2, 0.25) is 0 Å². The molecule has 0 aromatic carbocycles. The highest BCUT2D eigenvalue weighted by Gasteiger charge is 1.93. The molecule has 0 radical (unpaired) electrons. The summed E-state index contributed by atoms with van der Waals surface area (Å²) in [6.45, 7) is 4.88. The maximum absolute atomic E-state index is 5.75. The monoisotopic (exact) mass is 179 g/mol. The van der Waals surface area contributed by atoms with Crippen molar-refractivity contribution in [3.05, 3.63) is 0 Å². The predicted molar refractivity (Wildman–Crippen MR) is 49.3 cm³/mol. The van der Waals surface area contributed by atoms with Gasteiger partial charge in [0.1, 0.15) is 0 Å². The lowest BCUT2D eigenvalue weighted by Gasteiger charge is -2.04. The fourth-order valence-corrected chi connectivity index (χ4v) is 0.877. The van der Waals surface area contributed by atoms with Crippen LogP contribution in [0.5, 0.6) is 0 Å². The Morgan fingerprint density at radius 1 is 1.45 bits per heavy atom. The van der Waals surface area contributed by atoms with Crippen molar-refractivity contribution in [1.82, 2.24) is 5.32 Å². The molecule has 1 atom stereocenters. The number of halogens is 1. The van der Waals surface area contributed by atoms with Crippen molar-refractivity contribution >= 4 is 11.6 Å². The van der Waals surface area contributed by atoms with Gasteiger partial charge >= 0.3 is 0 Å². The van der Waals surface area contributed by atoms with Crippen molar-refractivity contribution in [2.75, 3.05) is 26.8 Å². The Balaban J connectivity index is 2.80. The molecule has 0 heterocycles. The van der Waals surface area contributed by atoms with Crippen molar-refractivity contribution < 1.29 is 4.74 Å². The van der Waals surface area contributed by atoms with Gasteiger partial charge in [-0.1, -0.05) is 0 Å². The molecule has 0 aliphatic heterocycles. The summed E-state index contributed by atoms with van der Waals surface area (Å²) in [5.41, 5.74) is 0. The molecule has 0 saturated heterocycles. The molecule has 0 aliphatic rings. The fraction of sp³-hybridized carbons (Fsp3) is 1.00. The van der Waals surface area contributed by atoms with Crippen molar-refractivity contribution in [3.63, 3.8) is 0 Å². The lowest BCUT2D eigenvalue weighted by atomic mass is 10.3. The molecule has 1 N–H and O–H groups in total. The van der Waals surface area contributed by atoms with Gasteiger partial charge in [-0.15, -0.1) is 11.6 Å². The smallest absolute Gasteiger partial charge is 0.0474 e. The fourth-order valence-electron chi connectivity index (χ4n) is 0.767. The third-order valence-electron chi connectivity index (χ3n) is 1.42. The quantitative estimate of drug-likeness (QED) is 0.474. The first-order chi connectivity index (χ1) is 5.27. The Bertz CT molecular complexity index is 78.5. The molecule has 2 nitrogen and oxygen atoms in total. The van der Waals surface area contributed by atoms with E-state index in [2.05, 4.69) is 5.32 Å². The van der Waals surface area contributed by atoms with Gasteiger partial charge in [0.25, 0.3) is 0 Å². The second kappa shape index (κ2) is 8.31. The van der Waals surface area contributed by atoms with Gasteiger partial charge < -0.3 is 10.1 Å². The Morgan fingerprint density at radius 2 is 2.18 bits per heavy atom. The summed E-state index contributed by atoms with van der Waals surface area (Å²) < 4.78 is 4.90. The van der Waals surface area contributed by atoms with Gasteiger partial charge in [0, 0.05) is 19.1 Å². The van der Waals surface area contributed by atoms with Gasteiger partial charge in [-0.3, -0.25) is 0 Å². The first kappa shape index (κ1) is 11.2. The van der Waals surface area contributed by atoms with Gasteiger partial charge in [-0.05, 0) is 32.9 Å². The van der Waals surface area contributed by atoms with Crippen LogP contribution < -0.4 is 5.32 Å². The molecule has 0 fully saturated rings. The van der Waals surface area contributed by atoms with Gasteiger partial charge in [0.05, 0.1) is 0 Å². The third kappa shape index (κ3) is 10.2. The topological polar surface area (TPSA) is 21.3 Å². The van der Waals surface area contributed by atoms with Crippen molar-refractivity contribution in [3.8, 4) is 0 Å². The highest BCUT2D eigenvalue weighted by atomic mass is 35.5. The van der Waals surface area contributed by atoms with Crippen LogP contribution in [0.3, 0.4) is 0 Å². The molecule has 0 aliphatic carbocycles. The predicted octanol–water partition coefficient (Wildman–Crippen LogP) is 1.63.